The van der Waals surface area contributed by atoms with Crippen molar-refractivity contribution in [2.24, 2.45) is 5.29 Å². The Balaban J connectivity index is 2.29. The van der Waals surface area contributed by atoms with Crippen LogP contribution in [-0.2, 0) is 4.79 Å². The van der Waals surface area contributed by atoms with Gasteiger partial charge in [0.1, 0.15) is 5.92 Å². The van der Waals surface area contributed by atoms with Crippen LogP contribution in [0.5, 0.6) is 0 Å². The number of benzene rings is 1. The molecule has 0 unspecified atom stereocenters. The standard InChI is InChI=1S/C13H16N2O3/c16-13(17)12(10-6-2-1-3-7-10)11-8-4-5-9-15(11)14-18/h1-3,6-7,11-12H,4-5,8-9H2,(H,16,17)/t11-,12+/m0/s1. The predicted octanol–water partition coefficient (Wildman–Crippen LogP) is 2.39. The summed E-state index contributed by atoms with van der Waals surface area (Å²) in [5, 5.41) is 13.8. The fourth-order valence-corrected chi connectivity index (χ4v) is 2.57. The summed E-state index contributed by atoms with van der Waals surface area (Å²) in [4.78, 5) is 22.3. The normalized spacial score (nSPS) is 21.3. The number of aliphatic carboxylic acids is 1. The van der Waals surface area contributed by atoms with Crippen LogP contribution < -0.4 is 0 Å². The molecule has 2 rings (SSSR count). The molecule has 1 aromatic carbocycles. The van der Waals surface area contributed by atoms with E-state index in [4.69, 9.17) is 0 Å². The number of rotatable bonds is 4. The first-order chi connectivity index (χ1) is 8.74. The molecule has 1 fully saturated rings. The molecular formula is C13H16N2O3. The van der Waals surface area contributed by atoms with Gasteiger partial charge in [-0.05, 0) is 24.8 Å². The summed E-state index contributed by atoms with van der Waals surface area (Å²) in [6, 6.07) is 8.71. The number of carboxylic acids is 1. The largest absolute Gasteiger partial charge is 0.481 e. The molecule has 0 aromatic heterocycles. The molecule has 0 amide bonds. The Morgan fingerprint density at radius 1 is 1.33 bits per heavy atom. The lowest BCUT2D eigenvalue weighted by molar-refractivity contribution is -0.141. The van der Waals surface area contributed by atoms with E-state index in [1.54, 1.807) is 12.1 Å². The number of hydrogen-bond donors (Lipinski definition) is 1. The zero-order valence-corrected chi connectivity index (χ0v) is 10.0. The minimum absolute atomic E-state index is 0.337. The molecule has 0 spiro atoms. The van der Waals surface area contributed by atoms with E-state index in [9.17, 15) is 14.8 Å². The van der Waals surface area contributed by atoms with Crippen molar-refractivity contribution in [1.29, 1.82) is 0 Å². The van der Waals surface area contributed by atoms with Gasteiger partial charge in [-0.15, -0.1) is 4.91 Å². The molecule has 0 aliphatic carbocycles. The van der Waals surface area contributed by atoms with Crippen LogP contribution >= 0.6 is 0 Å². The quantitative estimate of drug-likeness (QED) is 0.830. The van der Waals surface area contributed by atoms with Gasteiger partial charge in [-0.3, -0.25) is 9.80 Å². The third-order valence-electron chi connectivity index (χ3n) is 3.43. The van der Waals surface area contributed by atoms with Crippen LogP contribution in [0.2, 0.25) is 0 Å². The number of hydrogen-bond acceptors (Lipinski definition) is 3. The van der Waals surface area contributed by atoms with Crippen molar-refractivity contribution < 1.29 is 9.90 Å². The minimum Gasteiger partial charge on any atom is -0.481 e. The molecule has 1 heterocycles. The van der Waals surface area contributed by atoms with Gasteiger partial charge in [0.05, 0.1) is 11.3 Å². The van der Waals surface area contributed by atoms with Gasteiger partial charge in [0, 0.05) is 6.54 Å². The second kappa shape index (κ2) is 5.62. The summed E-state index contributed by atoms with van der Waals surface area (Å²) in [6.45, 7) is 0.546. The van der Waals surface area contributed by atoms with Gasteiger partial charge in [-0.2, -0.15) is 0 Å². The van der Waals surface area contributed by atoms with Gasteiger partial charge >= 0.3 is 5.97 Å². The van der Waals surface area contributed by atoms with Crippen molar-refractivity contribution in [2.45, 2.75) is 31.2 Å². The summed E-state index contributed by atoms with van der Waals surface area (Å²) in [7, 11) is 0. The Labute approximate surface area is 105 Å². The van der Waals surface area contributed by atoms with Gasteiger partial charge in [-0.1, -0.05) is 30.3 Å². The first-order valence-corrected chi connectivity index (χ1v) is 6.11. The van der Waals surface area contributed by atoms with Gasteiger partial charge in [0.25, 0.3) is 0 Å². The summed E-state index contributed by atoms with van der Waals surface area (Å²) in [6.07, 6.45) is 2.52. The van der Waals surface area contributed by atoms with E-state index in [2.05, 4.69) is 5.29 Å². The minimum atomic E-state index is -0.901. The highest BCUT2D eigenvalue weighted by Crippen LogP contribution is 2.30. The average molecular weight is 248 g/mol. The Hall–Kier alpha value is -1.91. The third-order valence-corrected chi connectivity index (χ3v) is 3.43. The average Bonchev–Trinajstić information content (AvgIpc) is 2.40. The molecule has 0 bridgehead atoms. The number of carboxylic acid groups (broad SMARTS) is 1. The van der Waals surface area contributed by atoms with E-state index in [-0.39, 0.29) is 6.04 Å². The highest BCUT2D eigenvalue weighted by molar-refractivity contribution is 5.77. The monoisotopic (exact) mass is 248 g/mol. The molecule has 1 aliphatic heterocycles. The van der Waals surface area contributed by atoms with Crippen LogP contribution in [0.1, 0.15) is 30.7 Å². The molecule has 1 aliphatic rings. The topological polar surface area (TPSA) is 70.0 Å². The number of nitrogens with zero attached hydrogens (tertiary/aromatic N) is 2. The third kappa shape index (κ3) is 2.50. The lowest BCUT2D eigenvalue weighted by atomic mass is 9.86. The van der Waals surface area contributed by atoms with Crippen molar-refractivity contribution in [2.75, 3.05) is 6.54 Å². The van der Waals surface area contributed by atoms with E-state index in [1.807, 2.05) is 18.2 Å². The maximum absolute atomic E-state index is 11.5. The Bertz CT molecular complexity index is 422. The Morgan fingerprint density at radius 2 is 2.06 bits per heavy atom. The molecule has 18 heavy (non-hydrogen) atoms. The second-order valence-electron chi connectivity index (χ2n) is 4.53. The number of carbonyl (C=O) groups is 1. The zero-order chi connectivity index (χ0) is 13.0. The van der Waals surface area contributed by atoms with Crippen molar-refractivity contribution in [3.05, 3.63) is 40.8 Å². The van der Waals surface area contributed by atoms with Gasteiger partial charge in [-0.25, -0.2) is 0 Å². The molecule has 0 radical (unpaired) electrons. The fourth-order valence-electron chi connectivity index (χ4n) is 2.57. The maximum atomic E-state index is 11.5. The predicted molar refractivity (Wildman–Crippen MR) is 67.0 cm³/mol. The number of nitroso groups, excluding NO2 is 1. The lowest BCUT2D eigenvalue weighted by Crippen LogP contribution is -2.42. The molecule has 2 atom stereocenters. The van der Waals surface area contributed by atoms with Gasteiger partial charge in [0.2, 0.25) is 0 Å². The summed E-state index contributed by atoms with van der Waals surface area (Å²) in [5.74, 6) is -1.59. The van der Waals surface area contributed by atoms with Gasteiger partial charge in [0.15, 0.2) is 0 Å². The van der Waals surface area contributed by atoms with E-state index in [0.717, 1.165) is 18.4 Å². The van der Waals surface area contributed by atoms with Crippen LogP contribution in [-0.4, -0.2) is 28.7 Å². The Morgan fingerprint density at radius 3 is 2.67 bits per heavy atom. The lowest BCUT2D eigenvalue weighted by Gasteiger charge is -2.34. The molecule has 5 nitrogen and oxygen atoms in total. The summed E-state index contributed by atoms with van der Waals surface area (Å²) < 4.78 is 0. The van der Waals surface area contributed by atoms with Crippen LogP contribution in [0, 0.1) is 4.91 Å². The molecule has 1 saturated heterocycles. The van der Waals surface area contributed by atoms with Crippen LogP contribution in [0.25, 0.3) is 0 Å². The highest BCUT2D eigenvalue weighted by Gasteiger charge is 2.35. The molecular weight excluding hydrogens is 232 g/mol. The van der Waals surface area contributed by atoms with Crippen LogP contribution in [0.4, 0.5) is 0 Å². The highest BCUT2D eigenvalue weighted by atomic mass is 16.4. The van der Waals surface area contributed by atoms with E-state index in [1.165, 1.54) is 5.01 Å². The molecule has 1 aromatic rings. The molecule has 1 N–H and O–H groups in total. The zero-order valence-electron chi connectivity index (χ0n) is 10.0. The SMILES string of the molecule is O=NN1CCCC[C@H]1[C@H](C(=O)O)c1ccccc1. The molecule has 96 valence electrons. The first kappa shape index (κ1) is 12.5. The van der Waals surface area contributed by atoms with Crippen LogP contribution in [0.3, 0.4) is 0 Å². The van der Waals surface area contributed by atoms with E-state index >= 15 is 0 Å². The van der Waals surface area contributed by atoms with Gasteiger partial charge < -0.3 is 5.11 Å². The smallest absolute Gasteiger partial charge is 0.313 e. The Kier molecular flexibility index (Phi) is 3.92. The van der Waals surface area contributed by atoms with Crippen molar-refractivity contribution in [3.8, 4) is 0 Å². The van der Waals surface area contributed by atoms with Crippen molar-refractivity contribution in [1.82, 2.24) is 5.01 Å². The maximum Gasteiger partial charge on any atom is 0.313 e. The number of piperidine rings is 1. The summed E-state index contributed by atoms with van der Waals surface area (Å²) in [5.41, 5.74) is 0.727. The second-order valence-corrected chi connectivity index (χ2v) is 4.53. The molecule has 0 saturated carbocycles. The fraction of sp³-hybridized carbons (Fsp3) is 0.462. The van der Waals surface area contributed by atoms with E-state index < -0.39 is 11.9 Å². The van der Waals surface area contributed by atoms with Crippen molar-refractivity contribution in [3.63, 3.8) is 0 Å². The first-order valence-electron chi connectivity index (χ1n) is 6.11. The summed E-state index contributed by atoms with van der Waals surface area (Å²) >= 11 is 0. The van der Waals surface area contributed by atoms with E-state index in [0.29, 0.717) is 13.0 Å². The molecule has 5 heteroatoms. The van der Waals surface area contributed by atoms with Crippen LogP contribution in [0.15, 0.2) is 35.6 Å². The van der Waals surface area contributed by atoms with Crippen molar-refractivity contribution >= 4 is 5.97 Å².